The second-order valence-electron chi connectivity index (χ2n) is 4.98. The molecule has 0 spiro atoms. The second kappa shape index (κ2) is 10.7. The summed E-state index contributed by atoms with van der Waals surface area (Å²) in [5.74, 6) is -0.452. The number of hydrogen-bond acceptors (Lipinski definition) is 4. The van der Waals surface area contributed by atoms with Crippen LogP contribution >= 0.6 is 0 Å². The van der Waals surface area contributed by atoms with Crippen LogP contribution < -0.4 is 4.74 Å². The molecule has 5 nitrogen and oxygen atoms in total. The van der Waals surface area contributed by atoms with Crippen molar-refractivity contribution in [1.82, 2.24) is 0 Å². The Bertz CT molecular complexity index is 412. The number of carboxylic acid groups (broad SMARTS) is 1. The summed E-state index contributed by atoms with van der Waals surface area (Å²) in [7, 11) is 0. The van der Waals surface area contributed by atoms with Gasteiger partial charge in [0.25, 0.3) is 0 Å². The Hall–Kier alpha value is -2.04. The normalized spacial score (nSPS) is 9.81. The number of hydrogen-bond donors (Lipinski definition) is 1. The standard InChI is InChI=1S/C12H16O3.C4H8O2/c1-10(2)12(13)15-9-8-14-11-6-4-3-5-7-11;1-3(2)4(5)6/h3-7,10H,8-9H2,1-2H3;3H,1-2H3,(H,5,6). The molecule has 1 rings (SSSR count). The molecule has 0 saturated carbocycles. The lowest BCUT2D eigenvalue weighted by molar-refractivity contribution is -0.148. The molecule has 0 radical (unpaired) electrons. The van der Waals surface area contributed by atoms with Gasteiger partial charge in [0.15, 0.2) is 0 Å². The van der Waals surface area contributed by atoms with Crippen molar-refractivity contribution in [2.45, 2.75) is 27.7 Å². The highest BCUT2D eigenvalue weighted by atomic mass is 16.6. The molecule has 0 aliphatic heterocycles. The summed E-state index contributed by atoms with van der Waals surface area (Å²) in [5.41, 5.74) is 0. The summed E-state index contributed by atoms with van der Waals surface area (Å²) in [6.07, 6.45) is 0. The number of benzene rings is 1. The number of carbonyl (C=O) groups is 2. The van der Waals surface area contributed by atoms with Gasteiger partial charge >= 0.3 is 11.9 Å². The van der Waals surface area contributed by atoms with E-state index in [9.17, 15) is 9.59 Å². The summed E-state index contributed by atoms with van der Waals surface area (Å²) in [4.78, 5) is 20.8. The van der Waals surface area contributed by atoms with Crippen molar-refractivity contribution in [3.05, 3.63) is 30.3 Å². The fourth-order valence-electron chi connectivity index (χ4n) is 0.985. The van der Waals surface area contributed by atoms with E-state index in [0.717, 1.165) is 5.75 Å². The Morgan fingerprint density at radius 3 is 1.95 bits per heavy atom. The number of carbonyl (C=O) groups excluding carboxylic acids is 1. The largest absolute Gasteiger partial charge is 0.490 e. The van der Waals surface area contributed by atoms with Crippen LogP contribution in [0.15, 0.2) is 30.3 Å². The van der Waals surface area contributed by atoms with Crippen LogP contribution in [0.5, 0.6) is 5.75 Å². The number of ether oxygens (including phenoxy) is 2. The SMILES string of the molecule is CC(C)C(=O)O.CC(C)C(=O)OCCOc1ccccc1. The summed E-state index contributed by atoms with van der Waals surface area (Å²) in [5, 5.41) is 7.99. The average molecular weight is 296 g/mol. The molecule has 1 aromatic rings. The van der Waals surface area contributed by atoms with Crippen LogP contribution in [-0.2, 0) is 14.3 Å². The Kier molecular flexibility index (Phi) is 9.67. The molecule has 21 heavy (non-hydrogen) atoms. The molecule has 0 aliphatic carbocycles. The smallest absolute Gasteiger partial charge is 0.308 e. The lowest BCUT2D eigenvalue weighted by atomic mass is 10.2. The topological polar surface area (TPSA) is 72.8 Å². The third kappa shape index (κ3) is 10.4. The molecule has 0 atom stereocenters. The van der Waals surface area contributed by atoms with Crippen molar-refractivity contribution in [2.75, 3.05) is 13.2 Å². The third-order valence-electron chi connectivity index (χ3n) is 2.30. The van der Waals surface area contributed by atoms with Crippen molar-refractivity contribution in [3.8, 4) is 5.75 Å². The fourth-order valence-corrected chi connectivity index (χ4v) is 0.985. The first-order chi connectivity index (χ1) is 9.84. The van der Waals surface area contributed by atoms with Gasteiger partial charge in [-0.2, -0.15) is 0 Å². The first-order valence-corrected chi connectivity index (χ1v) is 6.91. The van der Waals surface area contributed by atoms with Gasteiger partial charge in [-0.1, -0.05) is 45.9 Å². The summed E-state index contributed by atoms with van der Waals surface area (Å²) >= 11 is 0. The van der Waals surface area contributed by atoms with Crippen LogP contribution in [0.4, 0.5) is 0 Å². The van der Waals surface area contributed by atoms with Gasteiger partial charge in [-0.15, -0.1) is 0 Å². The fraction of sp³-hybridized carbons (Fsp3) is 0.500. The maximum atomic E-state index is 11.1. The molecule has 5 heteroatoms. The molecule has 0 fully saturated rings. The van der Waals surface area contributed by atoms with Crippen LogP contribution in [-0.4, -0.2) is 30.3 Å². The van der Waals surface area contributed by atoms with Crippen LogP contribution in [0.1, 0.15) is 27.7 Å². The van der Waals surface area contributed by atoms with Gasteiger partial charge in [0.2, 0.25) is 0 Å². The number of para-hydroxylation sites is 1. The number of esters is 1. The monoisotopic (exact) mass is 296 g/mol. The number of aliphatic carboxylic acids is 1. The zero-order valence-electron chi connectivity index (χ0n) is 13.0. The van der Waals surface area contributed by atoms with Gasteiger partial charge in [0.1, 0.15) is 19.0 Å². The molecule has 1 N–H and O–H groups in total. The van der Waals surface area contributed by atoms with Crippen LogP contribution in [0, 0.1) is 11.8 Å². The lowest BCUT2D eigenvalue weighted by Crippen LogP contribution is -2.16. The van der Waals surface area contributed by atoms with Crippen molar-refractivity contribution in [2.24, 2.45) is 11.8 Å². The molecule has 0 heterocycles. The van der Waals surface area contributed by atoms with Gasteiger partial charge in [0.05, 0.1) is 11.8 Å². The zero-order chi connectivity index (χ0) is 16.3. The molecular formula is C16H24O5. The van der Waals surface area contributed by atoms with E-state index in [-0.39, 0.29) is 17.8 Å². The van der Waals surface area contributed by atoms with Gasteiger partial charge in [-0.05, 0) is 12.1 Å². The predicted octanol–water partition coefficient (Wildman–Crippen LogP) is 2.99. The van der Waals surface area contributed by atoms with Gasteiger partial charge in [-0.25, -0.2) is 0 Å². The van der Waals surface area contributed by atoms with E-state index in [2.05, 4.69) is 0 Å². The van der Waals surface area contributed by atoms with Gasteiger partial charge < -0.3 is 14.6 Å². The van der Waals surface area contributed by atoms with E-state index >= 15 is 0 Å². The number of rotatable bonds is 6. The first-order valence-electron chi connectivity index (χ1n) is 6.91. The van der Waals surface area contributed by atoms with E-state index in [1.54, 1.807) is 27.7 Å². The Balaban J connectivity index is 0.000000567. The van der Waals surface area contributed by atoms with Gasteiger partial charge in [0, 0.05) is 0 Å². The number of carboxylic acids is 1. The van der Waals surface area contributed by atoms with Crippen molar-refractivity contribution < 1.29 is 24.2 Å². The third-order valence-corrected chi connectivity index (χ3v) is 2.30. The molecule has 1 aromatic carbocycles. The Morgan fingerprint density at radius 2 is 1.52 bits per heavy atom. The minimum atomic E-state index is -0.741. The summed E-state index contributed by atoms with van der Waals surface area (Å²) < 4.78 is 10.3. The van der Waals surface area contributed by atoms with E-state index in [0.29, 0.717) is 13.2 Å². The molecule has 0 bridgehead atoms. The first kappa shape index (κ1) is 19.0. The molecule has 0 saturated heterocycles. The average Bonchev–Trinajstić information content (AvgIpc) is 2.45. The minimum absolute atomic E-state index is 0.0817. The maximum absolute atomic E-state index is 11.1. The second-order valence-corrected chi connectivity index (χ2v) is 4.98. The quantitative estimate of drug-likeness (QED) is 0.645. The van der Waals surface area contributed by atoms with Crippen molar-refractivity contribution in [3.63, 3.8) is 0 Å². The van der Waals surface area contributed by atoms with E-state index in [1.807, 2.05) is 30.3 Å². The molecule has 0 aromatic heterocycles. The molecule has 0 unspecified atom stereocenters. The summed E-state index contributed by atoms with van der Waals surface area (Å²) in [6.45, 7) is 7.58. The highest BCUT2D eigenvalue weighted by Crippen LogP contribution is 2.07. The summed E-state index contributed by atoms with van der Waals surface area (Å²) in [6, 6.07) is 9.45. The highest BCUT2D eigenvalue weighted by Gasteiger charge is 2.07. The van der Waals surface area contributed by atoms with Crippen LogP contribution in [0.25, 0.3) is 0 Å². The molecule has 0 aliphatic rings. The zero-order valence-corrected chi connectivity index (χ0v) is 13.0. The predicted molar refractivity (Wildman–Crippen MR) is 80.2 cm³/mol. The maximum Gasteiger partial charge on any atom is 0.308 e. The van der Waals surface area contributed by atoms with Crippen LogP contribution in [0.3, 0.4) is 0 Å². The van der Waals surface area contributed by atoms with E-state index < -0.39 is 5.97 Å². The van der Waals surface area contributed by atoms with Crippen LogP contribution in [0.2, 0.25) is 0 Å². The Morgan fingerprint density at radius 1 is 1.00 bits per heavy atom. The van der Waals surface area contributed by atoms with E-state index in [4.69, 9.17) is 14.6 Å². The molecule has 118 valence electrons. The van der Waals surface area contributed by atoms with Gasteiger partial charge in [-0.3, -0.25) is 9.59 Å². The lowest BCUT2D eigenvalue weighted by Gasteiger charge is -2.08. The van der Waals surface area contributed by atoms with E-state index in [1.165, 1.54) is 0 Å². The molecular weight excluding hydrogens is 272 g/mol. The highest BCUT2D eigenvalue weighted by molar-refractivity contribution is 5.71. The minimum Gasteiger partial charge on any atom is -0.490 e. The Labute approximate surface area is 125 Å². The molecule has 0 amide bonds. The van der Waals surface area contributed by atoms with Crippen molar-refractivity contribution in [1.29, 1.82) is 0 Å². The van der Waals surface area contributed by atoms with Crippen molar-refractivity contribution >= 4 is 11.9 Å².